The van der Waals surface area contributed by atoms with E-state index in [1.807, 2.05) is 6.07 Å². The number of amides is 1. The number of aryl methyl sites for hydroxylation is 1. The molecule has 8 nitrogen and oxygen atoms in total. The molecule has 0 unspecified atom stereocenters. The third kappa shape index (κ3) is 5.53. The van der Waals surface area contributed by atoms with E-state index >= 15 is 0 Å². The van der Waals surface area contributed by atoms with Gasteiger partial charge in [0.1, 0.15) is 5.54 Å². The molecular weight excluding hydrogens is 382 g/mol. The van der Waals surface area contributed by atoms with Crippen molar-refractivity contribution in [3.05, 3.63) is 29.3 Å². The Labute approximate surface area is 166 Å². The lowest BCUT2D eigenvalue weighted by atomic mass is 9.90. The SMILES string of the molecule is CCNS(=O)(=O)c1ccc(C)c(C(=O)O[C@@H](C)C(=O)N[C@](C)(C#N)C(C)C)c1. The number of nitriles is 1. The lowest BCUT2D eigenvalue weighted by molar-refractivity contribution is -0.130. The zero-order valence-corrected chi connectivity index (χ0v) is 17.8. The van der Waals surface area contributed by atoms with Crippen LogP contribution in [0.2, 0.25) is 0 Å². The molecule has 0 radical (unpaired) electrons. The molecule has 0 heterocycles. The molecule has 9 heteroatoms. The summed E-state index contributed by atoms with van der Waals surface area (Å²) in [5.41, 5.74) is -0.546. The van der Waals surface area contributed by atoms with Crippen LogP contribution in [0.5, 0.6) is 0 Å². The molecule has 0 aromatic heterocycles. The summed E-state index contributed by atoms with van der Waals surface area (Å²) >= 11 is 0. The molecule has 0 aliphatic carbocycles. The predicted octanol–water partition coefficient (Wildman–Crippen LogP) is 1.89. The number of rotatable bonds is 8. The van der Waals surface area contributed by atoms with Gasteiger partial charge in [0.2, 0.25) is 10.0 Å². The van der Waals surface area contributed by atoms with Gasteiger partial charge in [-0.3, -0.25) is 4.79 Å². The molecule has 2 N–H and O–H groups in total. The summed E-state index contributed by atoms with van der Waals surface area (Å²) in [6.45, 7) is 10.0. The van der Waals surface area contributed by atoms with Crippen molar-refractivity contribution in [2.45, 2.75) is 58.1 Å². The van der Waals surface area contributed by atoms with E-state index in [0.29, 0.717) is 5.56 Å². The van der Waals surface area contributed by atoms with Gasteiger partial charge < -0.3 is 10.1 Å². The largest absolute Gasteiger partial charge is 0.449 e. The van der Waals surface area contributed by atoms with E-state index in [0.717, 1.165) is 0 Å². The molecule has 1 rings (SSSR count). The Bertz CT molecular complexity index is 889. The Morgan fingerprint density at radius 2 is 1.89 bits per heavy atom. The fourth-order valence-electron chi connectivity index (χ4n) is 2.20. The smallest absolute Gasteiger partial charge is 0.339 e. The number of nitrogens with one attached hydrogen (secondary N) is 2. The molecule has 1 aromatic rings. The minimum absolute atomic E-state index is 0.0468. The first kappa shape index (κ1) is 23.6. The van der Waals surface area contributed by atoms with Gasteiger partial charge in [-0.1, -0.05) is 26.8 Å². The Hall–Kier alpha value is -2.44. The van der Waals surface area contributed by atoms with E-state index in [4.69, 9.17) is 4.74 Å². The van der Waals surface area contributed by atoms with E-state index in [1.165, 1.54) is 25.1 Å². The number of sulfonamides is 1. The second kappa shape index (κ2) is 9.17. The quantitative estimate of drug-likeness (QED) is 0.632. The van der Waals surface area contributed by atoms with Crippen LogP contribution in [0.25, 0.3) is 0 Å². The van der Waals surface area contributed by atoms with Crippen molar-refractivity contribution in [1.82, 2.24) is 10.0 Å². The molecule has 154 valence electrons. The number of nitrogens with zero attached hydrogens (tertiary/aromatic N) is 1. The van der Waals surface area contributed by atoms with Crippen LogP contribution in [0.4, 0.5) is 0 Å². The lowest BCUT2D eigenvalue weighted by Gasteiger charge is -2.28. The molecule has 0 bridgehead atoms. The number of hydrogen-bond donors (Lipinski definition) is 2. The predicted molar refractivity (Wildman–Crippen MR) is 104 cm³/mol. The average molecular weight is 410 g/mol. The van der Waals surface area contributed by atoms with Gasteiger partial charge >= 0.3 is 5.97 Å². The monoisotopic (exact) mass is 409 g/mol. The van der Waals surface area contributed by atoms with Crippen molar-refractivity contribution in [3.63, 3.8) is 0 Å². The van der Waals surface area contributed by atoms with Gasteiger partial charge in [0.05, 0.1) is 16.5 Å². The Balaban J connectivity index is 3.02. The van der Waals surface area contributed by atoms with Crippen molar-refractivity contribution in [2.75, 3.05) is 6.54 Å². The molecule has 0 aliphatic heterocycles. The van der Waals surface area contributed by atoms with E-state index in [9.17, 15) is 23.3 Å². The first-order valence-corrected chi connectivity index (χ1v) is 10.4. The molecular formula is C19H27N3O5S. The maximum absolute atomic E-state index is 12.5. The number of carbonyl (C=O) groups excluding carboxylic acids is 2. The van der Waals surface area contributed by atoms with Gasteiger partial charge in [0.15, 0.2) is 6.10 Å². The molecule has 1 aromatic carbocycles. The molecule has 0 fully saturated rings. The lowest BCUT2D eigenvalue weighted by Crippen LogP contribution is -2.52. The molecule has 0 saturated carbocycles. The Kier molecular flexibility index (Phi) is 7.73. The highest BCUT2D eigenvalue weighted by Crippen LogP contribution is 2.18. The van der Waals surface area contributed by atoms with Gasteiger partial charge in [-0.2, -0.15) is 5.26 Å². The number of carbonyl (C=O) groups is 2. The second-order valence-electron chi connectivity index (χ2n) is 6.98. The molecule has 0 spiro atoms. The molecule has 1 amide bonds. The van der Waals surface area contributed by atoms with Crippen LogP contribution >= 0.6 is 0 Å². The summed E-state index contributed by atoms with van der Waals surface area (Å²) in [6, 6.07) is 6.15. The minimum Gasteiger partial charge on any atom is -0.449 e. The van der Waals surface area contributed by atoms with Crippen LogP contribution in [0.3, 0.4) is 0 Å². The van der Waals surface area contributed by atoms with Crippen LogP contribution in [0.15, 0.2) is 23.1 Å². The third-order valence-electron chi connectivity index (χ3n) is 4.50. The Morgan fingerprint density at radius 3 is 2.39 bits per heavy atom. The van der Waals surface area contributed by atoms with E-state index in [2.05, 4.69) is 10.0 Å². The summed E-state index contributed by atoms with van der Waals surface area (Å²) in [6.07, 6.45) is -1.16. The van der Waals surface area contributed by atoms with Gasteiger partial charge in [-0.25, -0.2) is 17.9 Å². The van der Waals surface area contributed by atoms with Gasteiger partial charge in [-0.05, 0) is 44.4 Å². The van der Waals surface area contributed by atoms with E-state index in [-0.39, 0.29) is 22.9 Å². The van der Waals surface area contributed by atoms with E-state index in [1.54, 1.807) is 34.6 Å². The Morgan fingerprint density at radius 1 is 1.29 bits per heavy atom. The summed E-state index contributed by atoms with van der Waals surface area (Å²) in [5.74, 6) is -1.59. The summed E-state index contributed by atoms with van der Waals surface area (Å²) in [4.78, 5) is 24.8. The van der Waals surface area contributed by atoms with Crippen LogP contribution in [0, 0.1) is 24.2 Å². The number of esters is 1. The van der Waals surface area contributed by atoms with Crippen LogP contribution in [-0.4, -0.2) is 38.5 Å². The summed E-state index contributed by atoms with van der Waals surface area (Å²) in [5, 5.41) is 11.9. The molecule has 0 saturated heterocycles. The maximum atomic E-state index is 12.5. The fraction of sp³-hybridized carbons (Fsp3) is 0.526. The van der Waals surface area contributed by atoms with Crippen molar-refractivity contribution >= 4 is 21.9 Å². The summed E-state index contributed by atoms with van der Waals surface area (Å²) in [7, 11) is -3.74. The minimum atomic E-state index is -3.74. The van der Waals surface area contributed by atoms with Gasteiger partial charge in [-0.15, -0.1) is 0 Å². The van der Waals surface area contributed by atoms with Crippen molar-refractivity contribution < 1.29 is 22.7 Å². The zero-order chi connectivity index (χ0) is 21.7. The van der Waals surface area contributed by atoms with Crippen LogP contribution in [0.1, 0.15) is 50.5 Å². The number of hydrogen-bond acceptors (Lipinski definition) is 6. The topological polar surface area (TPSA) is 125 Å². The number of ether oxygens (including phenoxy) is 1. The maximum Gasteiger partial charge on any atom is 0.339 e. The van der Waals surface area contributed by atoms with Crippen LogP contribution < -0.4 is 10.0 Å². The zero-order valence-electron chi connectivity index (χ0n) is 17.0. The second-order valence-corrected chi connectivity index (χ2v) is 8.75. The highest BCUT2D eigenvalue weighted by Gasteiger charge is 2.33. The van der Waals surface area contributed by atoms with Crippen LogP contribution in [-0.2, 0) is 19.6 Å². The van der Waals surface area contributed by atoms with Crippen molar-refractivity contribution in [2.24, 2.45) is 5.92 Å². The third-order valence-corrected chi connectivity index (χ3v) is 6.04. The molecule has 2 atom stereocenters. The first-order chi connectivity index (χ1) is 12.9. The normalized spacial score (nSPS) is 14.6. The van der Waals surface area contributed by atoms with Gasteiger partial charge in [0, 0.05) is 6.54 Å². The highest BCUT2D eigenvalue weighted by molar-refractivity contribution is 7.89. The fourth-order valence-corrected chi connectivity index (χ4v) is 3.26. The molecule has 28 heavy (non-hydrogen) atoms. The van der Waals surface area contributed by atoms with Crippen molar-refractivity contribution in [1.29, 1.82) is 5.26 Å². The van der Waals surface area contributed by atoms with Crippen molar-refractivity contribution in [3.8, 4) is 6.07 Å². The summed E-state index contributed by atoms with van der Waals surface area (Å²) < 4.78 is 31.8. The standard InChI is InChI=1S/C19H27N3O5S/c1-7-21-28(25,26)15-9-8-13(4)16(10-15)18(24)27-14(5)17(23)22-19(6,11-20)12(2)3/h8-10,12,14,21H,7H2,1-6H3,(H,22,23)/t14-,19+/m0/s1. The van der Waals surface area contributed by atoms with Gasteiger partial charge in [0.25, 0.3) is 5.91 Å². The highest BCUT2D eigenvalue weighted by atomic mass is 32.2. The average Bonchev–Trinajstić information content (AvgIpc) is 2.61. The molecule has 0 aliphatic rings. The first-order valence-electron chi connectivity index (χ1n) is 8.92. The number of benzene rings is 1. The van der Waals surface area contributed by atoms with E-state index < -0.39 is 33.5 Å².